The minimum Gasteiger partial charge on any atom is -0.454 e. The van der Waals surface area contributed by atoms with Crippen LogP contribution in [0.5, 0.6) is 11.5 Å². The van der Waals surface area contributed by atoms with Gasteiger partial charge in [-0.2, -0.15) is 0 Å². The van der Waals surface area contributed by atoms with E-state index >= 15 is 0 Å². The van der Waals surface area contributed by atoms with E-state index in [1.54, 1.807) is 36.4 Å². The second-order valence-corrected chi connectivity index (χ2v) is 12.3. The largest absolute Gasteiger partial charge is 0.454 e. The maximum atomic E-state index is 13.8. The summed E-state index contributed by atoms with van der Waals surface area (Å²) in [5, 5.41) is 3.49. The monoisotopic (exact) mass is 619 g/mol. The Kier molecular flexibility index (Phi) is 10.0. The smallest absolute Gasteiger partial charge is 0.242 e. The van der Waals surface area contributed by atoms with Crippen LogP contribution in [0, 0.1) is 0 Å². The minimum absolute atomic E-state index is 0.00986. The van der Waals surface area contributed by atoms with Crippen LogP contribution < -0.4 is 19.1 Å². The van der Waals surface area contributed by atoms with Crippen molar-refractivity contribution in [1.82, 2.24) is 10.2 Å². The lowest BCUT2D eigenvalue weighted by Gasteiger charge is -2.32. The molecule has 0 saturated carbocycles. The molecule has 0 aliphatic carbocycles. The Morgan fingerprint density at radius 1 is 1.00 bits per heavy atom. The number of rotatable bonds is 12. The highest BCUT2D eigenvalue weighted by atomic mass is 35.5. The molecule has 3 aromatic rings. The summed E-state index contributed by atoms with van der Waals surface area (Å²) in [5.41, 5.74) is 1.91. The number of anilines is 1. The van der Waals surface area contributed by atoms with Gasteiger partial charge in [0.2, 0.25) is 28.6 Å². The van der Waals surface area contributed by atoms with Crippen molar-refractivity contribution in [3.8, 4) is 11.5 Å². The van der Waals surface area contributed by atoms with Crippen molar-refractivity contribution in [2.45, 2.75) is 31.8 Å². The quantitative estimate of drug-likeness (QED) is 0.316. The van der Waals surface area contributed by atoms with Gasteiger partial charge in [-0.3, -0.25) is 13.9 Å². The average Bonchev–Trinajstić information content (AvgIpc) is 3.41. The molecular formula is C29H31Cl2N3O6S. The van der Waals surface area contributed by atoms with Gasteiger partial charge in [-0.05, 0) is 41.8 Å². The van der Waals surface area contributed by atoms with Crippen molar-refractivity contribution in [3.63, 3.8) is 0 Å². The van der Waals surface area contributed by atoms with E-state index in [0.717, 1.165) is 11.8 Å². The summed E-state index contributed by atoms with van der Waals surface area (Å²) in [6.07, 6.45) is 1.58. The molecule has 41 heavy (non-hydrogen) atoms. The minimum atomic E-state index is -3.67. The fourth-order valence-corrected chi connectivity index (χ4v) is 6.02. The maximum Gasteiger partial charge on any atom is 0.242 e. The normalized spacial score (nSPS) is 13.0. The van der Waals surface area contributed by atoms with Crippen LogP contribution in [0.3, 0.4) is 0 Å². The third-order valence-corrected chi connectivity index (χ3v) is 8.45. The van der Waals surface area contributed by atoms with Crippen molar-refractivity contribution in [3.05, 3.63) is 87.9 Å². The Morgan fingerprint density at radius 3 is 2.41 bits per heavy atom. The molecular weight excluding hydrogens is 589 g/mol. The number of benzene rings is 3. The summed E-state index contributed by atoms with van der Waals surface area (Å²) in [4.78, 5) is 28.4. The molecule has 0 fully saturated rings. The van der Waals surface area contributed by atoms with Gasteiger partial charge in [-0.1, -0.05) is 59.6 Å². The van der Waals surface area contributed by atoms with E-state index in [0.29, 0.717) is 32.8 Å². The first-order valence-electron chi connectivity index (χ1n) is 12.9. The third-order valence-electron chi connectivity index (χ3n) is 6.67. The summed E-state index contributed by atoms with van der Waals surface area (Å²) in [5.74, 6) is 0.338. The maximum absolute atomic E-state index is 13.8. The summed E-state index contributed by atoms with van der Waals surface area (Å²) in [6.45, 7) is 0.176. The molecule has 0 spiro atoms. The van der Waals surface area contributed by atoms with Gasteiger partial charge in [0.15, 0.2) is 11.5 Å². The number of fused-ring (bicyclic) bond motifs is 1. The highest BCUT2D eigenvalue weighted by Gasteiger charge is 2.30. The number of carbonyl (C=O) groups excluding carboxylic acids is 2. The van der Waals surface area contributed by atoms with E-state index in [2.05, 4.69) is 5.32 Å². The lowest BCUT2D eigenvalue weighted by molar-refractivity contribution is -0.141. The van der Waals surface area contributed by atoms with Gasteiger partial charge in [0, 0.05) is 49.1 Å². The molecule has 1 atom stereocenters. The number of halogens is 2. The van der Waals surface area contributed by atoms with Gasteiger partial charge in [-0.25, -0.2) is 8.42 Å². The highest BCUT2D eigenvalue weighted by Crippen LogP contribution is 2.36. The van der Waals surface area contributed by atoms with Gasteiger partial charge in [-0.15, -0.1) is 0 Å². The van der Waals surface area contributed by atoms with Gasteiger partial charge >= 0.3 is 0 Å². The molecule has 218 valence electrons. The molecule has 3 aromatic carbocycles. The summed E-state index contributed by atoms with van der Waals surface area (Å²) < 4.78 is 37.3. The summed E-state index contributed by atoms with van der Waals surface area (Å²) in [6, 6.07) is 18.4. The van der Waals surface area contributed by atoms with Gasteiger partial charge < -0.3 is 19.7 Å². The number of nitrogens with one attached hydrogen (secondary N) is 1. The van der Waals surface area contributed by atoms with E-state index < -0.39 is 16.1 Å². The van der Waals surface area contributed by atoms with Crippen LogP contribution >= 0.6 is 23.2 Å². The zero-order valence-corrected chi connectivity index (χ0v) is 25.0. The van der Waals surface area contributed by atoms with E-state index in [9.17, 15) is 18.0 Å². The second-order valence-electron chi connectivity index (χ2n) is 9.55. The number of nitrogens with zero attached hydrogens (tertiary/aromatic N) is 2. The Bertz CT molecular complexity index is 1500. The fraction of sp³-hybridized carbons (Fsp3) is 0.310. The molecule has 1 N–H and O–H groups in total. The number of likely N-dealkylation sites (N-methyl/N-ethyl adjacent to an activating group) is 1. The average molecular weight is 621 g/mol. The zero-order chi connectivity index (χ0) is 29.6. The van der Waals surface area contributed by atoms with Crippen LogP contribution in [0.25, 0.3) is 0 Å². The molecule has 4 rings (SSSR count). The molecule has 2 amide bonds. The Morgan fingerprint density at radius 2 is 1.73 bits per heavy atom. The molecule has 0 radical (unpaired) electrons. The van der Waals surface area contributed by atoms with Gasteiger partial charge in [0.1, 0.15) is 6.04 Å². The molecule has 0 aromatic heterocycles. The van der Waals surface area contributed by atoms with Crippen LogP contribution in [0.1, 0.15) is 24.0 Å². The summed E-state index contributed by atoms with van der Waals surface area (Å²) in [7, 11) is -2.15. The predicted octanol–water partition coefficient (Wildman–Crippen LogP) is 4.65. The van der Waals surface area contributed by atoms with Crippen molar-refractivity contribution < 1.29 is 27.5 Å². The van der Waals surface area contributed by atoms with E-state index in [-0.39, 0.29) is 51.0 Å². The van der Waals surface area contributed by atoms with Crippen LogP contribution in [-0.4, -0.2) is 57.8 Å². The van der Waals surface area contributed by atoms with E-state index in [1.807, 2.05) is 30.3 Å². The first-order valence-corrected chi connectivity index (χ1v) is 15.5. The van der Waals surface area contributed by atoms with Gasteiger partial charge in [0.25, 0.3) is 0 Å². The molecule has 1 unspecified atom stereocenters. The van der Waals surface area contributed by atoms with Crippen molar-refractivity contribution in [2.24, 2.45) is 0 Å². The zero-order valence-electron chi connectivity index (χ0n) is 22.7. The molecule has 1 heterocycles. The fourth-order valence-electron chi connectivity index (χ4n) is 4.60. The number of ether oxygens (including phenoxy) is 2. The lowest BCUT2D eigenvalue weighted by Crippen LogP contribution is -2.49. The molecule has 1 aliphatic rings. The van der Waals surface area contributed by atoms with E-state index in [4.69, 9.17) is 32.7 Å². The Labute approximate surface area is 250 Å². The van der Waals surface area contributed by atoms with Crippen molar-refractivity contribution in [1.29, 1.82) is 0 Å². The highest BCUT2D eigenvalue weighted by molar-refractivity contribution is 7.92. The first-order chi connectivity index (χ1) is 19.6. The lowest BCUT2D eigenvalue weighted by atomic mass is 10.0. The standard InChI is InChI=1S/C29H31Cl2N3O6S/c1-32-29(36)25(15-20-7-4-3-5-8-20)33(18-21-10-11-22(30)16-24(21)31)28(35)9-6-14-34(41(2,37)38)23-12-13-26-27(17-23)40-19-39-26/h3-5,7-8,10-13,16-17,25H,6,9,14-15,18-19H2,1-2H3,(H,32,36). The molecule has 0 saturated heterocycles. The number of hydrogen-bond donors (Lipinski definition) is 1. The first kappa shape index (κ1) is 30.5. The number of amides is 2. The third kappa shape index (κ3) is 7.84. The van der Waals surface area contributed by atoms with E-state index in [1.165, 1.54) is 16.3 Å². The number of carbonyl (C=O) groups is 2. The Hall–Kier alpha value is -3.47. The topological polar surface area (TPSA) is 105 Å². The second kappa shape index (κ2) is 13.5. The molecule has 0 bridgehead atoms. The van der Waals surface area contributed by atoms with Crippen molar-refractivity contribution >= 4 is 50.7 Å². The number of sulfonamides is 1. The van der Waals surface area contributed by atoms with Crippen LogP contribution in [0.4, 0.5) is 5.69 Å². The molecule has 1 aliphatic heterocycles. The van der Waals surface area contributed by atoms with Crippen molar-refractivity contribution in [2.75, 3.05) is 30.9 Å². The summed E-state index contributed by atoms with van der Waals surface area (Å²) >= 11 is 12.5. The molecule has 12 heteroatoms. The Balaban J connectivity index is 1.57. The number of hydrogen-bond acceptors (Lipinski definition) is 6. The van der Waals surface area contributed by atoms with Crippen LogP contribution in [0.2, 0.25) is 10.0 Å². The molecule has 9 nitrogen and oxygen atoms in total. The van der Waals surface area contributed by atoms with Crippen LogP contribution in [-0.2, 0) is 32.6 Å². The van der Waals surface area contributed by atoms with Crippen LogP contribution in [0.15, 0.2) is 66.7 Å². The SMILES string of the molecule is CNC(=O)C(Cc1ccccc1)N(Cc1ccc(Cl)cc1Cl)C(=O)CCCN(c1ccc2c(c1)OCO2)S(C)(=O)=O. The van der Waals surface area contributed by atoms with Gasteiger partial charge in [0.05, 0.1) is 11.9 Å². The predicted molar refractivity (Wildman–Crippen MR) is 159 cm³/mol.